The molecule has 0 unspecified atom stereocenters. The van der Waals surface area contributed by atoms with Crippen LogP contribution in [0.3, 0.4) is 0 Å². The van der Waals surface area contributed by atoms with Crippen LogP contribution in [-0.2, 0) is 0 Å². The van der Waals surface area contributed by atoms with Crippen LogP contribution in [-0.4, -0.2) is 17.0 Å². The van der Waals surface area contributed by atoms with Crippen LogP contribution in [0.5, 0.6) is 11.5 Å². The maximum atomic E-state index is 5.41. The van der Waals surface area contributed by atoms with Gasteiger partial charge in [-0.05, 0) is 29.3 Å². The number of aromatic amines is 1. The van der Waals surface area contributed by atoms with Gasteiger partial charge >= 0.3 is 0 Å². The molecule has 0 saturated carbocycles. The van der Waals surface area contributed by atoms with Crippen molar-refractivity contribution in [2.45, 2.75) is 0 Å². The Hall–Kier alpha value is -2.49. The molecule has 0 radical (unpaired) electrons. The van der Waals surface area contributed by atoms with Gasteiger partial charge in [-0.3, -0.25) is 5.10 Å². The summed E-state index contributed by atoms with van der Waals surface area (Å²) >= 11 is 0. The van der Waals surface area contributed by atoms with E-state index in [-0.39, 0.29) is 0 Å². The number of benzene rings is 2. The lowest BCUT2D eigenvalue weighted by atomic mass is 10.0. The monoisotopic (exact) mass is 238 g/mol. The smallest absolute Gasteiger partial charge is 0.231 e. The number of fused-ring (bicyclic) bond motifs is 2. The van der Waals surface area contributed by atoms with Crippen molar-refractivity contribution in [1.29, 1.82) is 0 Å². The highest BCUT2D eigenvalue weighted by molar-refractivity contribution is 5.94. The maximum absolute atomic E-state index is 5.41. The van der Waals surface area contributed by atoms with E-state index in [2.05, 4.69) is 16.3 Å². The van der Waals surface area contributed by atoms with Crippen molar-refractivity contribution in [1.82, 2.24) is 10.2 Å². The van der Waals surface area contributed by atoms with Crippen molar-refractivity contribution >= 4 is 10.9 Å². The minimum Gasteiger partial charge on any atom is -0.454 e. The standard InChI is InChI=1S/C14H10N2O2/c1-2-10(11-7-15-16-12(11)3-1)9-4-5-13-14(6-9)18-8-17-13/h1-7H,8H2,(H,15,16). The molecule has 0 saturated heterocycles. The Labute approximate surface area is 103 Å². The predicted molar refractivity (Wildman–Crippen MR) is 67.7 cm³/mol. The topological polar surface area (TPSA) is 47.1 Å². The van der Waals surface area contributed by atoms with E-state index >= 15 is 0 Å². The molecule has 4 heteroatoms. The zero-order valence-electron chi connectivity index (χ0n) is 9.51. The Bertz CT molecular complexity index is 733. The van der Waals surface area contributed by atoms with Crippen molar-refractivity contribution in [2.75, 3.05) is 6.79 Å². The highest BCUT2D eigenvalue weighted by Crippen LogP contribution is 2.37. The molecule has 88 valence electrons. The number of hydrogen-bond acceptors (Lipinski definition) is 3. The van der Waals surface area contributed by atoms with Crippen molar-refractivity contribution in [3.05, 3.63) is 42.6 Å². The Morgan fingerprint density at radius 3 is 3.00 bits per heavy atom. The molecule has 2 aromatic carbocycles. The van der Waals surface area contributed by atoms with E-state index in [1.54, 1.807) is 0 Å². The summed E-state index contributed by atoms with van der Waals surface area (Å²) in [5.41, 5.74) is 3.27. The summed E-state index contributed by atoms with van der Waals surface area (Å²) in [6.07, 6.45) is 1.84. The number of H-pyrrole nitrogens is 1. The van der Waals surface area contributed by atoms with Gasteiger partial charge in [0.25, 0.3) is 0 Å². The van der Waals surface area contributed by atoms with Crippen LogP contribution in [0.25, 0.3) is 22.0 Å². The lowest BCUT2D eigenvalue weighted by molar-refractivity contribution is 0.174. The highest BCUT2D eigenvalue weighted by Gasteiger charge is 2.14. The molecule has 1 aliphatic rings. The Kier molecular flexibility index (Phi) is 1.85. The quantitative estimate of drug-likeness (QED) is 0.709. The highest BCUT2D eigenvalue weighted by atomic mass is 16.7. The molecule has 4 nitrogen and oxygen atoms in total. The van der Waals surface area contributed by atoms with Crippen LogP contribution in [0, 0.1) is 0 Å². The Balaban J connectivity index is 1.94. The minimum atomic E-state index is 0.300. The molecule has 3 aromatic rings. The van der Waals surface area contributed by atoms with Gasteiger partial charge in [0.1, 0.15) is 0 Å². The fourth-order valence-corrected chi connectivity index (χ4v) is 2.28. The molecule has 2 heterocycles. The second-order valence-corrected chi connectivity index (χ2v) is 4.20. The van der Waals surface area contributed by atoms with E-state index in [1.807, 2.05) is 36.5 Å². The molecule has 0 bridgehead atoms. The number of rotatable bonds is 1. The van der Waals surface area contributed by atoms with Gasteiger partial charge in [0.2, 0.25) is 6.79 Å². The van der Waals surface area contributed by atoms with Gasteiger partial charge < -0.3 is 9.47 Å². The van der Waals surface area contributed by atoms with Crippen molar-refractivity contribution < 1.29 is 9.47 Å². The van der Waals surface area contributed by atoms with Gasteiger partial charge in [0, 0.05) is 5.39 Å². The minimum absolute atomic E-state index is 0.300. The zero-order valence-corrected chi connectivity index (χ0v) is 9.51. The van der Waals surface area contributed by atoms with Crippen LogP contribution in [0.4, 0.5) is 0 Å². The largest absolute Gasteiger partial charge is 0.454 e. The SMILES string of the molecule is c1cc(-c2ccc3c(c2)OCO3)c2cn[nH]c2c1. The normalized spacial score (nSPS) is 13.1. The van der Waals surface area contributed by atoms with Gasteiger partial charge in [-0.25, -0.2) is 0 Å². The first-order chi connectivity index (χ1) is 8.92. The third kappa shape index (κ3) is 1.29. The fourth-order valence-electron chi connectivity index (χ4n) is 2.28. The average Bonchev–Trinajstić information content (AvgIpc) is 3.05. The molecule has 0 atom stereocenters. The molecule has 0 fully saturated rings. The lowest BCUT2D eigenvalue weighted by Crippen LogP contribution is -1.92. The van der Waals surface area contributed by atoms with E-state index in [0.29, 0.717) is 6.79 Å². The first kappa shape index (κ1) is 9.53. The van der Waals surface area contributed by atoms with Gasteiger partial charge in [-0.1, -0.05) is 18.2 Å². The molecule has 0 spiro atoms. The summed E-state index contributed by atoms with van der Waals surface area (Å²) in [6.45, 7) is 0.300. The summed E-state index contributed by atoms with van der Waals surface area (Å²) in [7, 11) is 0. The van der Waals surface area contributed by atoms with Crippen molar-refractivity contribution in [2.24, 2.45) is 0 Å². The van der Waals surface area contributed by atoms with Crippen LogP contribution >= 0.6 is 0 Å². The van der Waals surface area contributed by atoms with E-state index in [4.69, 9.17) is 9.47 Å². The molecule has 18 heavy (non-hydrogen) atoms. The van der Waals surface area contributed by atoms with E-state index in [9.17, 15) is 0 Å². The van der Waals surface area contributed by atoms with Gasteiger partial charge in [-0.15, -0.1) is 0 Å². The molecule has 4 rings (SSSR count). The van der Waals surface area contributed by atoms with E-state index < -0.39 is 0 Å². The summed E-state index contributed by atoms with van der Waals surface area (Å²) in [5, 5.41) is 8.16. The van der Waals surface area contributed by atoms with Gasteiger partial charge in [-0.2, -0.15) is 5.10 Å². The van der Waals surface area contributed by atoms with Crippen LogP contribution in [0.2, 0.25) is 0 Å². The summed E-state index contributed by atoms with van der Waals surface area (Å²) in [6, 6.07) is 12.1. The maximum Gasteiger partial charge on any atom is 0.231 e. The van der Waals surface area contributed by atoms with E-state index in [0.717, 1.165) is 33.5 Å². The Morgan fingerprint density at radius 1 is 1.06 bits per heavy atom. The zero-order chi connectivity index (χ0) is 11.9. The molecule has 1 N–H and O–H groups in total. The fraction of sp³-hybridized carbons (Fsp3) is 0.0714. The Morgan fingerprint density at radius 2 is 2.00 bits per heavy atom. The first-order valence-corrected chi connectivity index (χ1v) is 5.74. The number of aromatic nitrogens is 2. The molecule has 1 aromatic heterocycles. The van der Waals surface area contributed by atoms with Gasteiger partial charge in [0.05, 0.1) is 11.7 Å². The van der Waals surface area contributed by atoms with Crippen LogP contribution < -0.4 is 9.47 Å². The molecule has 0 aliphatic carbocycles. The van der Waals surface area contributed by atoms with Gasteiger partial charge in [0.15, 0.2) is 11.5 Å². The molecular weight excluding hydrogens is 228 g/mol. The summed E-state index contributed by atoms with van der Waals surface area (Å²) in [4.78, 5) is 0. The van der Waals surface area contributed by atoms with Crippen molar-refractivity contribution in [3.63, 3.8) is 0 Å². The first-order valence-electron chi connectivity index (χ1n) is 5.74. The average molecular weight is 238 g/mol. The van der Waals surface area contributed by atoms with E-state index in [1.165, 1.54) is 0 Å². The van der Waals surface area contributed by atoms with Crippen LogP contribution in [0.1, 0.15) is 0 Å². The number of hydrogen-bond donors (Lipinski definition) is 1. The van der Waals surface area contributed by atoms with Crippen LogP contribution in [0.15, 0.2) is 42.6 Å². The second-order valence-electron chi connectivity index (χ2n) is 4.20. The number of ether oxygens (including phenoxy) is 2. The molecule has 0 amide bonds. The summed E-state index contributed by atoms with van der Waals surface area (Å²) < 4.78 is 10.7. The number of nitrogens with one attached hydrogen (secondary N) is 1. The predicted octanol–water partition coefficient (Wildman–Crippen LogP) is 2.96. The molecular formula is C14H10N2O2. The lowest BCUT2D eigenvalue weighted by Gasteiger charge is -2.04. The third-order valence-electron chi connectivity index (χ3n) is 3.17. The number of nitrogens with zero attached hydrogens (tertiary/aromatic N) is 1. The third-order valence-corrected chi connectivity index (χ3v) is 3.17. The molecule has 1 aliphatic heterocycles. The second kappa shape index (κ2) is 3.50. The summed E-state index contributed by atoms with van der Waals surface area (Å²) in [5.74, 6) is 1.60. The van der Waals surface area contributed by atoms with Crippen molar-refractivity contribution in [3.8, 4) is 22.6 Å².